The molecule has 1 aromatic heterocycles. The molecule has 0 saturated carbocycles. The number of methoxy groups -OCH3 is 2. The Morgan fingerprint density at radius 3 is 2.53 bits per heavy atom. The van der Waals surface area contributed by atoms with E-state index in [0.29, 0.717) is 31.0 Å². The molecule has 188 valence electrons. The van der Waals surface area contributed by atoms with E-state index >= 15 is 0 Å². The van der Waals surface area contributed by atoms with Crippen LogP contribution >= 0.6 is 0 Å². The van der Waals surface area contributed by atoms with Crippen molar-refractivity contribution in [1.82, 2.24) is 20.5 Å². The third-order valence-electron chi connectivity index (χ3n) is 6.24. The van der Waals surface area contributed by atoms with Gasteiger partial charge in [0.05, 0.1) is 20.3 Å². The number of amides is 3. The van der Waals surface area contributed by atoms with Crippen LogP contribution in [0, 0.1) is 5.82 Å². The molecule has 2 heterocycles. The van der Waals surface area contributed by atoms with Gasteiger partial charge in [0.1, 0.15) is 11.9 Å². The van der Waals surface area contributed by atoms with Gasteiger partial charge in [-0.05, 0) is 65.9 Å². The molecule has 1 unspecified atom stereocenters. The minimum atomic E-state index is -0.769. The summed E-state index contributed by atoms with van der Waals surface area (Å²) < 4.78 is 24.7. The van der Waals surface area contributed by atoms with Crippen molar-refractivity contribution in [1.29, 1.82) is 0 Å². The third kappa shape index (κ3) is 5.40. The van der Waals surface area contributed by atoms with Crippen molar-refractivity contribution in [3.8, 4) is 11.5 Å². The van der Waals surface area contributed by atoms with Crippen LogP contribution in [-0.4, -0.2) is 48.6 Å². The van der Waals surface area contributed by atoms with E-state index < -0.39 is 18.1 Å². The van der Waals surface area contributed by atoms with Crippen molar-refractivity contribution in [3.05, 3.63) is 89.0 Å². The number of benzene rings is 2. The minimum absolute atomic E-state index is 0.309. The number of urea groups is 1. The molecule has 3 aromatic rings. The third-order valence-corrected chi connectivity index (χ3v) is 6.24. The molecule has 1 aliphatic heterocycles. The second-order valence-corrected chi connectivity index (χ2v) is 8.55. The molecule has 4 rings (SSSR count). The highest BCUT2D eigenvalue weighted by molar-refractivity contribution is 5.87. The van der Waals surface area contributed by atoms with Gasteiger partial charge in [0.15, 0.2) is 11.5 Å². The van der Waals surface area contributed by atoms with Gasteiger partial charge < -0.3 is 25.0 Å². The van der Waals surface area contributed by atoms with Crippen LogP contribution in [0.2, 0.25) is 0 Å². The quantitative estimate of drug-likeness (QED) is 0.526. The Morgan fingerprint density at radius 2 is 1.86 bits per heavy atom. The Balaban J connectivity index is 1.57. The van der Waals surface area contributed by atoms with Crippen LogP contribution in [0.25, 0.3) is 0 Å². The van der Waals surface area contributed by atoms with Crippen LogP contribution < -0.4 is 20.1 Å². The van der Waals surface area contributed by atoms with Crippen LogP contribution in [-0.2, 0) is 17.8 Å². The molecule has 0 spiro atoms. The molecule has 36 heavy (non-hydrogen) atoms. The number of hydrogen-bond acceptors (Lipinski definition) is 5. The van der Waals surface area contributed by atoms with Crippen LogP contribution in [0.4, 0.5) is 9.18 Å². The van der Waals surface area contributed by atoms with Crippen molar-refractivity contribution in [2.45, 2.75) is 32.0 Å². The second-order valence-electron chi connectivity index (χ2n) is 8.55. The lowest BCUT2D eigenvalue weighted by Crippen LogP contribution is -2.52. The fourth-order valence-corrected chi connectivity index (χ4v) is 4.35. The van der Waals surface area contributed by atoms with E-state index in [2.05, 4.69) is 15.6 Å². The molecule has 9 heteroatoms. The number of halogens is 1. The van der Waals surface area contributed by atoms with Crippen molar-refractivity contribution >= 4 is 11.9 Å². The molecule has 2 N–H and O–H groups in total. The summed E-state index contributed by atoms with van der Waals surface area (Å²) in [5.41, 5.74) is 3.47. The van der Waals surface area contributed by atoms with Crippen LogP contribution in [0.3, 0.4) is 0 Å². The molecule has 2 aromatic carbocycles. The zero-order valence-corrected chi connectivity index (χ0v) is 20.5. The highest BCUT2D eigenvalue weighted by Crippen LogP contribution is 2.41. The van der Waals surface area contributed by atoms with Crippen molar-refractivity contribution in [2.24, 2.45) is 0 Å². The van der Waals surface area contributed by atoms with Gasteiger partial charge >= 0.3 is 6.03 Å². The van der Waals surface area contributed by atoms with E-state index in [1.54, 1.807) is 56.6 Å². The first kappa shape index (κ1) is 25.0. The second kappa shape index (κ2) is 11.1. The predicted molar refractivity (Wildman–Crippen MR) is 132 cm³/mol. The van der Waals surface area contributed by atoms with Gasteiger partial charge in [0.25, 0.3) is 0 Å². The SMILES string of the molecule is COc1cc2c(cc1OC)C(c1ccc(F)cc1)N(C(=O)N[C@@H](C)C(=O)NCc1cccnc1)CC2. The standard InChI is InChI=1S/C27H29FN4O4/c1-17(26(33)30-16-18-5-4-11-29-15-18)31-27(34)32-12-10-20-13-23(35-2)24(36-3)14-22(20)25(32)19-6-8-21(28)9-7-19/h4-9,11,13-15,17,25H,10,12,16H2,1-3H3,(H,30,33)(H,31,34)/t17-,25?/m0/s1. The number of carbonyl (C=O) groups is 2. The van der Waals surface area contributed by atoms with Crippen molar-refractivity contribution in [2.75, 3.05) is 20.8 Å². The van der Waals surface area contributed by atoms with Crippen LogP contribution in [0.5, 0.6) is 11.5 Å². The number of ether oxygens (including phenoxy) is 2. The summed E-state index contributed by atoms with van der Waals surface area (Å²) in [5.74, 6) is 0.464. The maximum absolute atomic E-state index is 13.7. The first-order chi connectivity index (χ1) is 17.4. The van der Waals surface area contributed by atoms with E-state index in [4.69, 9.17) is 9.47 Å². The first-order valence-electron chi connectivity index (χ1n) is 11.6. The zero-order chi connectivity index (χ0) is 25.7. The Hall–Kier alpha value is -4.14. The number of aromatic nitrogens is 1. The molecule has 0 fully saturated rings. The molecular formula is C27H29FN4O4. The Labute approximate surface area is 209 Å². The highest BCUT2D eigenvalue weighted by Gasteiger charge is 2.34. The number of pyridine rings is 1. The maximum atomic E-state index is 13.7. The molecule has 0 bridgehead atoms. The van der Waals surface area contributed by atoms with Gasteiger partial charge in [0.2, 0.25) is 5.91 Å². The molecule has 0 radical (unpaired) electrons. The molecule has 2 atom stereocenters. The summed E-state index contributed by atoms with van der Waals surface area (Å²) in [7, 11) is 3.13. The Kier molecular flexibility index (Phi) is 7.68. The molecule has 0 saturated heterocycles. The molecule has 8 nitrogen and oxygen atoms in total. The predicted octanol–water partition coefficient (Wildman–Crippen LogP) is 3.60. The van der Waals surface area contributed by atoms with Gasteiger partial charge in [-0.15, -0.1) is 0 Å². The summed E-state index contributed by atoms with van der Waals surface area (Å²) in [6.45, 7) is 2.35. The number of rotatable bonds is 7. The Morgan fingerprint density at radius 1 is 1.14 bits per heavy atom. The summed E-state index contributed by atoms with van der Waals surface area (Å²) in [4.78, 5) is 31.8. The summed E-state index contributed by atoms with van der Waals surface area (Å²) in [6.07, 6.45) is 3.92. The van der Waals surface area contributed by atoms with E-state index in [-0.39, 0.29) is 11.7 Å². The molecule has 0 aliphatic carbocycles. The van der Waals surface area contributed by atoms with Gasteiger partial charge in [-0.25, -0.2) is 9.18 Å². The minimum Gasteiger partial charge on any atom is -0.493 e. The monoisotopic (exact) mass is 492 g/mol. The normalized spacial score (nSPS) is 15.4. The topological polar surface area (TPSA) is 92.8 Å². The first-order valence-corrected chi connectivity index (χ1v) is 11.6. The summed E-state index contributed by atoms with van der Waals surface area (Å²) in [5, 5.41) is 5.62. The van der Waals surface area contributed by atoms with E-state index in [9.17, 15) is 14.0 Å². The smallest absolute Gasteiger partial charge is 0.318 e. The number of nitrogens with one attached hydrogen (secondary N) is 2. The Bertz CT molecular complexity index is 1220. The highest BCUT2D eigenvalue weighted by atomic mass is 19.1. The number of hydrogen-bond donors (Lipinski definition) is 2. The fourth-order valence-electron chi connectivity index (χ4n) is 4.35. The zero-order valence-electron chi connectivity index (χ0n) is 20.5. The molecule has 1 aliphatic rings. The summed E-state index contributed by atoms with van der Waals surface area (Å²) in [6, 6.07) is 11.8. The van der Waals surface area contributed by atoms with Crippen molar-refractivity contribution < 1.29 is 23.5 Å². The van der Waals surface area contributed by atoms with E-state index in [1.807, 2.05) is 18.2 Å². The van der Waals surface area contributed by atoms with Gasteiger partial charge in [-0.1, -0.05) is 18.2 Å². The lowest BCUT2D eigenvalue weighted by Gasteiger charge is -2.38. The van der Waals surface area contributed by atoms with E-state index in [1.165, 1.54) is 12.1 Å². The fraction of sp³-hybridized carbons (Fsp3) is 0.296. The largest absolute Gasteiger partial charge is 0.493 e. The van der Waals surface area contributed by atoms with Gasteiger partial charge in [-0.2, -0.15) is 0 Å². The van der Waals surface area contributed by atoms with Crippen LogP contribution in [0.15, 0.2) is 60.9 Å². The number of fused-ring (bicyclic) bond motifs is 1. The molecular weight excluding hydrogens is 463 g/mol. The van der Waals surface area contributed by atoms with Gasteiger partial charge in [-0.3, -0.25) is 9.78 Å². The van der Waals surface area contributed by atoms with Crippen LogP contribution in [0.1, 0.15) is 35.2 Å². The average Bonchev–Trinajstić information content (AvgIpc) is 2.91. The van der Waals surface area contributed by atoms with Crippen molar-refractivity contribution in [3.63, 3.8) is 0 Å². The number of carbonyl (C=O) groups excluding carboxylic acids is 2. The molecule has 3 amide bonds. The van der Waals surface area contributed by atoms with Gasteiger partial charge in [0, 0.05) is 25.5 Å². The average molecular weight is 493 g/mol. The lowest BCUT2D eigenvalue weighted by molar-refractivity contribution is -0.122. The summed E-state index contributed by atoms with van der Waals surface area (Å²) >= 11 is 0. The lowest BCUT2D eigenvalue weighted by atomic mass is 9.88. The number of nitrogens with zero attached hydrogens (tertiary/aromatic N) is 2. The van der Waals surface area contributed by atoms with E-state index in [0.717, 1.165) is 22.3 Å². The maximum Gasteiger partial charge on any atom is 0.318 e.